The molecule has 1 unspecified atom stereocenters. The molecule has 1 fully saturated rings. The number of hydrogen-bond donors (Lipinski definition) is 2. The second kappa shape index (κ2) is 5.14. The Morgan fingerprint density at radius 2 is 2.35 bits per heavy atom. The van der Waals surface area contributed by atoms with E-state index in [1.807, 2.05) is 0 Å². The summed E-state index contributed by atoms with van der Waals surface area (Å²) < 4.78 is 13.2. The Morgan fingerprint density at radius 3 is 3.06 bits per heavy atom. The van der Waals surface area contributed by atoms with Gasteiger partial charge in [-0.15, -0.1) is 0 Å². The van der Waals surface area contributed by atoms with Crippen molar-refractivity contribution in [3.63, 3.8) is 0 Å². The summed E-state index contributed by atoms with van der Waals surface area (Å²) in [5.74, 6) is -0.308. The molecule has 2 rings (SSSR count). The molecular weight excluding hydrogens is 223 g/mol. The first-order chi connectivity index (χ1) is 8.22. The van der Waals surface area contributed by atoms with E-state index in [1.165, 1.54) is 17.0 Å². The van der Waals surface area contributed by atoms with Crippen LogP contribution < -0.4 is 5.32 Å². The van der Waals surface area contributed by atoms with Crippen molar-refractivity contribution in [1.82, 2.24) is 10.2 Å². The van der Waals surface area contributed by atoms with Crippen LogP contribution in [0.5, 0.6) is 0 Å². The summed E-state index contributed by atoms with van der Waals surface area (Å²) in [6.45, 7) is 0.730. The molecule has 1 heterocycles. The van der Waals surface area contributed by atoms with Crippen molar-refractivity contribution in [2.24, 2.45) is 0 Å². The van der Waals surface area contributed by atoms with E-state index in [2.05, 4.69) is 5.32 Å². The van der Waals surface area contributed by atoms with Crippen molar-refractivity contribution in [3.8, 4) is 0 Å². The lowest BCUT2D eigenvalue weighted by atomic mass is 10.0. The number of carbonyl (C=O) groups is 1. The first-order valence-corrected chi connectivity index (χ1v) is 5.63. The molecular formula is C12H15FN2O2. The summed E-state index contributed by atoms with van der Waals surface area (Å²) in [5, 5.41) is 11.7. The number of urea groups is 1. The number of benzene rings is 1. The number of carbonyl (C=O) groups excluding carboxylic acids is 1. The zero-order valence-electron chi connectivity index (χ0n) is 9.40. The summed E-state index contributed by atoms with van der Waals surface area (Å²) >= 11 is 0. The number of halogens is 1. The summed E-state index contributed by atoms with van der Waals surface area (Å²) in [7, 11) is 0. The standard InChI is InChI=1S/C12H15FN2O2/c13-10-3-1-2-9(8-10)11-4-5-14-12(17)15(11)6-7-16/h1-3,8,11,16H,4-7H2,(H,14,17). The first-order valence-electron chi connectivity index (χ1n) is 5.63. The second-order valence-electron chi connectivity index (χ2n) is 4.01. The van der Waals surface area contributed by atoms with Crippen LogP contribution >= 0.6 is 0 Å². The van der Waals surface area contributed by atoms with Crippen LogP contribution in [0.2, 0.25) is 0 Å². The van der Waals surface area contributed by atoms with Gasteiger partial charge in [-0.3, -0.25) is 0 Å². The van der Waals surface area contributed by atoms with E-state index < -0.39 is 0 Å². The normalized spacial score (nSPS) is 20.2. The number of nitrogens with one attached hydrogen (secondary N) is 1. The SMILES string of the molecule is O=C1NCCC(c2cccc(F)c2)N1CCO. The number of aliphatic hydroxyl groups excluding tert-OH is 1. The van der Waals surface area contributed by atoms with E-state index in [0.29, 0.717) is 6.54 Å². The molecule has 0 bridgehead atoms. The molecule has 2 amide bonds. The fraction of sp³-hybridized carbons (Fsp3) is 0.417. The van der Waals surface area contributed by atoms with Crippen LogP contribution in [0.3, 0.4) is 0 Å². The molecule has 4 nitrogen and oxygen atoms in total. The fourth-order valence-electron chi connectivity index (χ4n) is 2.14. The minimum atomic E-state index is -0.308. The summed E-state index contributed by atoms with van der Waals surface area (Å²) in [6, 6.07) is 5.88. The molecule has 2 N–H and O–H groups in total. The van der Waals surface area contributed by atoms with Gasteiger partial charge < -0.3 is 15.3 Å². The van der Waals surface area contributed by atoms with E-state index >= 15 is 0 Å². The Morgan fingerprint density at radius 1 is 1.53 bits per heavy atom. The van der Waals surface area contributed by atoms with Gasteiger partial charge in [0, 0.05) is 13.1 Å². The van der Waals surface area contributed by atoms with Gasteiger partial charge in [0.25, 0.3) is 0 Å². The van der Waals surface area contributed by atoms with Crippen molar-refractivity contribution in [1.29, 1.82) is 0 Å². The lowest BCUT2D eigenvalue weighted by Crippen LogP contribution is -2.49. The van der Waals surface area contributed by atoms with E-state index in [4.69, 9.17) is 5.11 Å². The van der Waals surface area contributed by atoms with Gasteiger partial charge >= 0.3 is 6.03 Å². The third kappa shape index (κ3) is 2.55. The number of rotatable bonds is 3. The molecule has 1 aromatic carbocycles. The topological polar surface area (TPSA) is 52.6 Å². The molecule has 0 spiro atoms. The Hall–Kier alpha value is -1.62. The van der Waals surface area contributed by atoms with Gasteiger partial charge in [0.05, 0.1) is 12.6 Å². The summed E-state index contributed by atoms with van der Waals surface area (Å²) in [4.78, 5) is 13.2. The second-order valence-corrected chi connectivity index (χ2v) is 4.01. The average Bonchev–Trinajstić information content (AvgIpc) is 2.32. The molecule has 5 heteroatoms. The maximum atomic E-state index is 13.2. The molecule has 0 aromatic heterocycles. The predicted molar refractivity (Wildman–Crippen MR) is 60.9 cm³/mol. The van der Waals surface area contributed by atoms with E-state index in [0.717, 1.165) is 12.0 Å². The monoisotopic (exact) mass is 238 g/mol. The minimum absolute atomic E-state index is 0.0980. The third-order valence-electron chi connectivity index (χ3n) is 2.91. The highest BCUT2D eigenvalue weighted by molar-refractivity contribution is 5.75. The summed E-state index contributed by atoms with van der Waals surface area (Å²) in [5.41, 5.74) is 0.772. The maximum Gasteiger partial charge on any atom is 0.317 e. The smallest absolute Gasteiger partial charge is 0.317 e. The van der Waals surface area contributed by atoms with Crippen LogP contribution in [0.1, 0.15) is 18.0 Å². The van der Waals surface area contributed by atoms with Crippen LogP contribution in [0.25, 0.3) is 0 Å². The van der Waals surface area contributed by atoms with E-state index in [1.54, 1.807) is 12.1 Å². The minimum Gasteiger partial charge on any atom is -0.395 e. The Kier molecular flexibility index (Phi) is 3.58. The van der Waals surface area contributed by atoms with Crippen LogP contribution in [-0.2, 0) is 0 Å². The van der Waals surface area contributed by atoms with Crippen LogP contribution in [0.15, 0.2) is 24.3 Å². The van der Waals surface area contributed by atoms with Crippen LogP contribution in [0.4, 0.5) is 9.18 Å². The van der Waals surface area contributed by atoms with E-state index in [9.17, 15) is 9.18 Å². The zero-order chi connectivity index (χ0) is 12.3. The predicted octanol–water partition coefficient (Wildman–Crippen LogP) is 1.27. The highest BCUT2D eigenvalue weighted by Crippen LogP contribution is 2.26. The maximum absolute atomic E-state index is 13.2. The number of β-amino-alcohol motifs (C(OH)–C–C–N with tert-alkyl or cyclic N) is 1. The first kappa shape index (κ1) is 11.9. The molecule has 92 valence electrons. The molecule has 1 aliphatic rings. The molecule has 0 saturated carbocycles. The highest BCUT2D eigenvalue weighted by atomic mass is 19.1. The van der Waals surface area contributed by atoms with Crippen molar-refractivity contribution in [2.75, 3.05) is 19.7 Å². The largest absolute Gasteiger partial charge is 0.395 e. The number of aliphatic hydroxyl groups is 1. The molecule has 1 aliphatic heterocycles. The molecule has 0 aliphatic carbocycles. The number of nitrogens with zero attached hydrogens (tertiary/aromatic N) is 1. The van der Waals surface area contributed by atoms with Crippen molar-refractivity contribution >= 4 is 6.03 Å². The highest BCUT2D eigenvalue weighted by Gasteiger charge is 2.28. The average molecular weight is 238 g/mol. The molecule has 0 radical (unpaired) electrons. The van der Waals surface area contributed by atoms with Gasteiger partial charge in [0.15, 0.2) is 0 Å². The molecule has 17 heavy (non-hydrogen) atoms. The van der Waals surface area contributed by atoms with Gasteiger partial charge in [-0.25, -0.2) is 9.18 Å². The van der Waals surface area contributed by atoms with Crippen LogP contribution in [-0.4, -0.2) is 35.7 Å². The molecule has 1 atom stereocenters. The Balaban J connectivity index is 2.24. The number of hydrogen-bond acceptors (Lipinski definition) is 2. The van der Waals surface area contributed by atoms with Gasteiger partial charge in [-0.05, 0) is 24.1 Å². The third-order valence-corrected chi connectivity index (χ3v) is 2.91. The van der Waals surface area contributed by atoms with Crippen LogP contribution in [0, 0.1) is 5.82 Å². The zero-order valence-corrected chi connectivity index (χ0v) is 9.40. The van der Waals surface area contributed by atoms with Gasteiger partial charge in [0.2, 0.25) is 0 Å². The van der Waals surface area contributed by atoms with Gasteiger partial charge in [-0.1, -0.05) is 12.1 Å². The van der Waals surface area contributed by atoms with Crippen molar-refractivity contribution in [2.45, 2.75) is 12.5 Å². The Labute approximate surface area is 99.0 Å². The van der Waals surface area contributed by atoms with Gasteiger partial charge in [0.1, 0.15) is 5.82 Å². The lowest BCUT2D eigenvalue weighted by molar-refractivity contribution is 0.134. The fourth-order valence-corrected chi connectivity index (χ4v) is 2.14. The van der Waals surface area contributed by atoms with E-state index in [-0.39, 0.29) is 31.0 Å². The quantitative estimate of drug-likeness (QED) is 0.833. The summed E-state index contributed by atoms with van der Waals surface area (Å²) in [6.07, 6.45) is 0.717. The Bertz CT molecular complexity index is 411. The van der Waals surface area contributed by atoms with Crippen molar-refractivity contribution < 1.29 is 14.3 Å². The molecule has 1 saturated heterocycles. The molecule has 1 aromatic rings. The lowest BCUT2D eigenvalue weighted by Gasteiger charge is -2.35. The van der Waals surface area contributed by atoms with Gasteiger partial charge in [-0.2, -0.15) is 0 Å². The number of amides is 2. The van der Waals surface area contributed by atoms with Crippen molar-refractivity contribution in [3.05, 3.63) is 35.6 Å².